The summed E-state index contributed by atoms with van der Waals surface area (Å²) in [6, 6.07) is 20.0. The van der Waals surface area contributed by atoms with E-state index in [9.17, 15) is 4.79 Å². The lowest BCUT2D eigenvalue weighted by molar-refractivity contribution is 0.0943. The number of amides is 1. The van der Waals surface area contributed by atoms with Crippen LogP contribution in [0.4, 0.5) is 5.82 Å². The highest BCUT2D eigenvalue weighted by Crippen LogP contribution is 2.37. The van der Waals surface area contributed by atoms with E-state index in [0.29, 0.717) is 5.56 Å². The van der Waals surface area contributed by atoms with E-state index in [-0.39, 0.29) is 24.0 Å². The van der Waals surface area contributed by atoms with Crippen LogP contribution in [0.25, 0.3) is 0 Å². The summed E-state index contributed by atoms with van der Waals surface area (Å²) >= 11 is 1.69. The van der Waals surface area contributed by atoms with E-state index >= 15 is 0 Å². The molecule has 0 bridgehead atoms. The normalized spacial score (nSPS) is 17.6. The number of nitrogens with one attached hydrogen (secondary N) is 2. The fourth-order valence-corrected chi connectivity index (χ4v) is 5.06. The summed E-state index contributed by atoms with van der Waals surface area (Å²) in [6.45, 7) is 4.19. The van der Waals surface area contributed by atoms with Crippen LogP contribution in [0.3, 0.4) is 0 Å². The first kappa shape index (κ1) is 20.5. The van der Waals surface area contributed by atoms with E-state index in [0.717, 1.165) is 28.4 Å². The minimum Gasteiger partial charge on any atom is -0.360 e. The molecule has 0 aliphatic carbocycles. The van der Waals surface area contributed by atoms with Gasteiger partial charge < -0.3 is 10.6 Å². The number of carbonyl (C=O) groups excluding carboxylic acids is 1. The van der Waals surface area contributed by atoms with Gasteiger partial charge in [0.1, 0.15) is 16.4 Å². The van der Waals surface area contributed by atoms with Gasteiger partial charge in [0, 0.05) is 11.1 Å². The quantitative estimate of drug-likeness (QED) is 0.440. The van der Waals surface area contributed by atoms with Crippen LogP contribution in [0.15, 0.2) is 73.1 Å². The van der Waals surface area contributed by atoms with Gasteiger partial charge >= 0.3 is 0 Å². The molecule has 2 aromatic carbocycles. The molecule has 0 fully saturated rings. The molecule has 3 heterocycles. The van der Waals surface area contributed by atoms with E-state index in [1.807, 2.05) is 71.5 Å². The summed E-state index contributed by atoms with van der Waals surface area (Å²) in [6.07, 6.45) is 4.44. The number of thiazole rings is 1. The lowest BCUT2D eigenvalue weighted by atomic mass is 9.98. The summed E-state index contributed by atoms with van der Waals surface area (Å²) in [5, 5.41) is 12.3. The van der Waals surface area contributed by atoms with E-state index in [1.54, 1.807) is 17.5 Å². The lowest BCUT2D eigenvalue weighted by Crippen LogP contribution is -2.31. The van der Waals surface area contributed by atoms with Crippen LogP contribution in [0.1, 0.15) is 62.8 Å². The molecule has 0 saturated carbocycles. The van der Waals surface area contributed by atoms with Gasteiger partial charge in [0.25, 0.3) is 5.91 Å². The highest BCUT2D eigenvalue weighted by molar-refractivity contribution is 7.11. The zero-order chi connectivity index (χ0) is 22.1. The van der Waals surface area contributed by atoms with Crippen LogP contribution in [-0.2, 0) is 0 Å². The van der Waals surface area contributed by atoms with Crippen molar-refractivity contribution in [3.8, 4) is 0 Å². The molecule has 1 aliphatic heterocycles. The third kappa shape index (κ3) is 3.91. The predicted molar refractivity (Wildman–Crippen MR) is 127 cm³/mol. The highest BCUT2D eigenvalue weighted by Gasteiger charge is 2.31. The number of aryl methyl sites for hydroxylation is 1. The van der Waals surface area contributed by atoms with Crippen LogP contribution < -0.4 is 10.6 Å². The van der Waals surface area contributed by atoms with Crippen molar-refractivity contribution in [1.29, 1.82) is 0 Å². The van der Waals surface area contributed by atoms with Gasteiger partial charge in [-0.1, -0.05) is 60.7 Å². The Morgan fingerprint density at radius 2 is 1.75 bits per heavy atom. The molecule has 2 N–H and O–H groups in total. The van der Waals surface area contributed by atoms with Gasteiger partial charge in [-0.25, -0.2) is 9.67 Å². The molecule has 5 rings (SSSR count). The molecular weight excluding hydrogens is 418 g/mol. The Hall–Kier alpha value is -3.45. The monoisotopic (exact) mass is 443 g/mol. The molecule has 2 atom stereocenters. The molecule has 1 aliphatic rings. The summed E-state index contributed by atoms with van der Waals surface area (Å²) in [5.41, 5.74) is 2.61. The Morgan fingerprint density at radius 3 is 2.34 bits per heavy atom. The van der Waals surface area contributed by atoms with E-state index in [1.165, 1.54) is 4.88 Å². The van der Waals surface area contributed by atoms with Crippen molar-refractivity contribution >= 4 is 23.1 Å². The number of benzene rings is 2. The molecular formula is C25H25N5OS. The second kappa shape index (κ2) is 8.59. The standard InChI is InChI=1S/C25H25N5OS/c1-16-13-21(25-26-14-17(2)32-25)28-23-20(15-27-30(16)23)24(31)29-22(18-9-5-3-6-10-18)19-11-7-4-8-12-19/h3-12,14-16,21-22,28H,13H2,1-2H3,(H,29,31). The van der Waals surface area contributed by atoms with Crippen molar-refractivity contribution in [3.63, 3.8) is 0 Å². The van der Waals surface area contributed by atoms with E-state index < -0.39 is 0 Å². The minimum absolute atomic E-state index is 0.0680. The zero-order valence-electron chi connectivity index (χ0n) is 18.0. The number of hydrogen-bond donors (Lipinski definition) is 2. The van der Waals surface area contributed by atoms with Crippen molar-refractivity contribution in [1.82, 2.24) is 20.1 Å². The van der Waals surface area contributed by atoms with Gasteiger partial charge in [-0.2, -0.15) is 5.10 Å². The molecule has 32 heavy (non-hydrogen) atoms. The molecule has 6 nitrogen and oxygen atoms in total. The van der Waals surface area contributed by atoms with Gasteiger partial charge in [-0.05, 0) is 31.4 Å². The number of aromatic nitrogens is 3. The Bertz CT molecular complexity index is 1180. The van der Waals surface area contributed by atoms with Gasteiger partial charge in [0.2, 0.25) is 0 Å². The Kier molecular flexibility index (Phi) is 5.49. The van der Waals surface area contributed by atoms with Crippen LogP contribution in [0, 0.1) is 6.92 Å². The highest BCUT2D eigenvalue weighted by atomic mass is 32.1. The topological polar surface area (TPSA) is 71.8 Å². The van der Waals surface area contributed by atoms with Gasteiger partial charge in [-0.15, -0.1) is 11.3 Å². The summed E-state index contributed by atoms with van der Waals surface area (Å²) in [7, 11) is 0. The zero-order valence-corrected chi connectivity index (χ0v) is 18.8. The molecule has 162 valence electrons. The molecule has 2 aromatic heterocycles. The fraction of sp³-hybridized carbons (Fsp3) is 0.240. The first-order valence-electron chi connectivity index (χ1n) is 10.8. The summed E-state index contributed by atoms with van der Waals surface area (Å²) in [5.74, 6) is 0.596. The fourth-order valence-electron chi connectivity index (χ4n) is 4.23. The lowest BCUT2D eigenvalue weighted by Gasteiger charge is -2.30. The summed E-state index contributed by atoms with van der Waals surface area (Å²) in [4.78, 5) is 19.2. The number of hydrogen-bond acceptors (Lipinski definition) is 5. The average molecular weight is 444 g/mol. The Labute approximate surface area is 191 Å². The first-order chi connectivity index (χ1) is 15.6. The molecule has 0 saturated heterocycles. The van der Waals surface area contributed by atoms with Crippen molar-refractivity contribution in [3.05, 3.63) is 99.6 Å². The van der Waals surface area contributed by atoms with E-state index in [2.05, 4.69) is 34.6 Å². The molecule has 2 unspecified atom stereocenters. The van der Waals surface area contributed by atoms with Gasteiger partial charge in [-0.3, -0.25) is 4.79 Å². The maximum Gasteiger partial charge on any atom is 0.257 e. The number of carbonyl (C=O) groups is 1. The maximum atomic E-state index is 13.5. The third-order valence-corrected chi connectivity index (χ3v) is 6.85. The van der Waals surface area contributed by atoms with E-state index in [4.69, 9.17) is 0 Å². The van der Waals surface area contributed by atoms with Crippen LogP contribution in [0.2, 0.25) is 0 Å². The number of nitrogens with zero attached hydrogens (tertiary/aromatic N) is 3. The van der Waals surface area contributed by atoms with Crippen LogP contribution in [-0.4, -0.2) is 20.7 Å². The number of rotatable bonds is 5. The van der Waals surface area contributed by atoms with Crippen molar-refractivity contribution in [2.45, 2.75) is 38.4 Å². The second-order valence-electron chi connectivity index (χ2n) is 8.17. The van der Waals surface area contributed by atoms with Gasteiger partial charge in [0.05, 0.1) is 24.3 Å². The van der Waals surface area contributed by atoms with Gasteiger partial charge in [0.15, 0.2) is 0 Å². The molecule has 1 amide bonds. The van der Waals surface area contributed by atoms with Crippen LogP contribution in [0.5, 0.6) is 0 Å². The van der Waals surface area contributed by atoms with Crippen molar-refractivity contribution in [2.75, 3.05) is 5.32 Å². The molecule has 0 spiro atoms. The predicted octanol–water partition coefficient (Wildman–Crippen LogP) is 5.29. The first-order valence-corrected chi connectivity index (χ1v) is 11.6. The third-order valence-electron chi connectivity index (χ3n) is 5.82. The second-order valence-corrected chi connectivity index (χ2v) is 9.44. The Morgan fingerprint density at radius 1 is 1.09 bits per heavy atom. The van der Waals surface area contributed by atoms with Crippen molar-refractivity contribution < 1.29 is 4.79 Å². The smallest absolute Gasteiger partial charge is 0.257 e. The number of anilines is 1. The summed E-state index contributed by atoms with van der Waals surface area (Å²) < 4.78 is 1.91. The minimum atomic E-state index is -0.251. The SMILES string of the molecule is Cc1cnc(C2CC(C)n3ncc(C(=O)NC(c4ccccc4)c4ccccc4)c3N2)s1. The van der Waals surface area contributed by atoms with Crippen LogP contribution >= 0.6 is 11.3 Å². The molecule has 0 radical (unpaired) electrons. The maximum absolute atomic E-state index is 13.5. The molecule has 7 heteroatoms. The molecule has 4 aromatic rings. The average Bonchev–Trinajstić information content (AvgIpc) is 3.45. The largest absolute Gasteiger partial charge is 0.360 e. The number of fused-ring (bicyclic) bond motifs is 1. The van der Waals surface area contributed by atoms with Crippen molar-refractivity contribution in [2.24, 2.45) is 0 Å². The Balaban J connectivity index is 1.45.